The summed E-state index contributed by atoms with van der Waals surface area (Å²) in [6.07, 6.45) is 6.11. The first-order chi connectivity index (χ1) is 21.9. The summed E-state index contributed by atoms with van der Waals surface area (Å²) in [5.74, 6) is -2.62. The van der Waals surface area contributed by atoms with E-state index >= 15 is 0 Å². The van der Waals surface area contributed by atoms with Crippen molar-refractivity contribution in [2.75, 3.05) is 26.0 Å². The molecule has 258 valence electrons. The Kier molecular flexibility index (Phi) is 12.0. The van der Waals surface area contributed by atoms with Crippen molar-refractivity contribution < 1.29 is 32.6 Å². The molecule has 0 amide bonds. The number of nitrogens with zero attached hydrogens (tertiary/aromatic N) is 1. The Labute approximate surface area is 278 Å². The molecule has 0 aromatic heterocycles. The number of methoxy groups -OCH3 is 1. The summed E-state index contributed by atoms with van der Waals surface area (Å²) < 4.78 is 44.0. The molecule has 1 aliphatic heterocycles. The summed E-state index contributed by atoms with van der Waals surface area (Å²) in [4.78, 5) is 25.1. The van der Waals surface area contributed by atoms with Crippen LogP contribution in [0.15, 0.2) is 24.3 Å². The first-order valence-corrected chi connectivity index (χ1v) is 16.1. The van der Waals surface area contributed by atoms with Gasteiger partial charge < -0.3 is 25.4 Å². The van der Waals surface area contributed by atoms with Gasteiger partial charge in [0.05, 0.1) is 19.3 Å². The number of esters is 2. The van der Waals surface area contributed by atoms with Gasteiger partial charge in [0.2, 0.25) is 5.92 Å². The van der Waals surface area contributed by atoms with Crippen molar-refractivity contribution in [3.05, 3.63) is 63.2 Å². The third-order valence-electron chi connectivity index (χ3n) is 8.91. The molecule has 0 radical (unpaired) electrons. The molecule has 2 fully saturated rings. The number of aryl methyl sites for hydroxylation is 1. The first kappa shape index (κ1) is 37.7. The molecular weight excluding hydrogens is 604 g/mol. The Balaban J connectivity index is 0.000000665. The van der Waals surface area contributed by atoms with Crippen molar-refractivity contribution in [2.24, 2.45) is 5.41 Å². The van der Waals surface area contributed by atoms with E-state index in [9.17, 15) is 18.4 Å². The number of piperidine rings is 1. The highest BCUT2D eigenvalue weighted by atomic mass is 19.3. The van der Waals surface area contributed by atoms with Crippen LogP contribution in [0.2, 0.25) is 0 Å². The highest BCUT2D eigenvalue weighted by Crippen LogP contribution is 2.61. The Bertz CT molecular complexity index is 1500. The Hall–Kier alpha value is -3.79. The van der Waals surface area contributed by atoms with Crippen LogP contribution in [0, 0.1) is 24.7 Å². The zero-order chi connectivity index (χ0) is 35.3. The van der Waals surface area contributed by atoms with Crippen LogP contribution in [0.5, 0.6) is 5.75 Å². The van der Waals surface area contributed by atoms with Gasteiger partial charge in [-0.3, -0.25) is 9.69 Å². The number of carbonyl (C=O) groups is 2. The predicted octanol–water partition coefficient (Wildman–Crippen LogP) is 8.20. The molecule has 2 aromatic rings. The number of allylic oxidation sites excluding steroid dienone is 1. The van der Waals surface area contributed by atoms with Crippen LogP contribution >= 0.6 is 0 Å². The number of ether oxygens (including phenoxy) is 3. The second kappa shape index (κ2) is 15.0. The summed E-state index contributed by atoms with van der Waals surface area (Å²) in [5.41, 5.74) is 11.8. The lowest BCUT2D eigenvalue weighted by Crippen LogP contribution is -2.53. The molecule has 0 bridgehead atoms. The quantitative estimate of drug-likeness (QED) is 0.167. The molecule has 47 heavy (non-hydrogen) atoms. The average molecular weight is 656 g/mol. The van der Waals surface area contributed by atoms with Crippen LogP contribution in [0.25, 0.3) is 6.08 Å². The smallest absolute Gasteiger partial charge is 0.338 e. The molecule has 1 aliphatic carbocycles. The number of hydrogen-bond acceptors (Lipinski definition) is 8. The van der Waals surface area contributed by atoms with Crippen LogP contribution in [0.1, 0.15) is 117 Å². The fourth-order valence-corrected chi connectivity index (χ4v) is 6.86. The number of nitrogens with two attached hydrogens (primary N) is 1. The lowest BCUT2D eigenvalue weighted by molar-refractivity contribution is -0.186. The number of anilines is 1. The van der Waals surface area contributed by atoms with Gasteiger partial charge in [0.15, 0.2) is 0 Å². The monoisotopic (exact) mass is 655 g/mol. The number of nitrogen functional groups attached to an aromatic ring is 1. The van der Waals surface area contributed by atoms with E-state index in [1.165, 1.54) is 6.92 Å². The molecule has 1 saturated heterocycles. The maximum Gasteiger partial charge on any atom is 0.338 e. The summed E-state index contributed by atoms with van der Waals surface area (Å²) in [6.45, 7) is 16.1. The largest absolute Gasteiger partial charge is 0.496 e. The molecule has 1 atom stereocenters. The Morgan fingerprint density at radius 2 is 1.83 bits per heavy atom. The lowest BCUT2D eigenvalue weighted by Gasteiger charge is -2.55. The molecule has 1 saturated carbocycles. The number of alkyl halides is 2. The van der Waals surface area contributed by atoms with Crippen molar-refractivity contribution in [1.29, 1.82) is 5.41 Å². The number of halogens is 2. The minimum atomic E-state index is -2.64. The van der Waals surface area contributed by atoms with Crippen LogP contribution in [-0.4, -0.2) is 54.8 Å². The molecule has 10 heteroatoms. The maximum absolute atomic E-state index is 14.1. The first-order valence-electron chi connectivity index (χ1n) is 16.1. The average Bonchev–Trinajstić information content (AvgIpc) is 2.95. The van der Waals surface area contributed by atoms with Gasteiger partial charge in [-0.1, -0.05) is 18.2 Å². The van der Waals surface area contributed by atoms with E-state index in [1.807, 2.05) is 39.8 Å². The van der Waals surface area contributed by atoms with Crippen LogP contribution in [0.4, 0.5) is 14.5 Å². The molecule has 2 aliphatic rings. The van der Waals surface area contributed by atoms with E-state index in [4.69, 9.17) is 25.4 Å². The van der Waals surface area contributed by atoms with E-state index in [0.717, 1.165) is 39.8 Å². The molecule has 4 rings (SSSR count). The number of benzene rings is 2. The maximum atomic E-state index is 14.1. The van der Waals surface area contributed by atoms with Gasteiger partial charge in [-0.2, -0.15) is 0 Å². The van der Waals surface area contributed by atoms with E-state index in [-0.39, 0.29) is 42.6 Å². The number of rotatable bonds is 8. The molecule has 1 heterocycles. The van der Waals surface area contributed by atoms with Crippen molar-refractivity contribution in [3.8, 4) is 5.75 Å². The van der Waals surface area contributed by atoms with Gasteiger partial charge in [-0.25, -0.2) is 13.6 Å². The van der Waals surface area contributed by atoms with Crippen LogP contribution in [-0.2, 0) is 20.8 Å². The third kappa shape index (κ3) is 8.97. The summed E-state index contributed by atoms with van der Waals surface area (Å²) in [6, 6.07) is 5.21. The molecule has 1 unspecified atom stereocenters. The predicted molar refractivity (Wildman–Crippen MR) is 182 cm³/mol. The zero-order valence-electron chi connectivity index (χ0n) is 29.3. The zero-order valence-corrected chi connectivity index (χ0v) is 29.3. The second-order valence-electron chi connectivity index (χ2n) is 13.7. The molecule has 2 aromatic carbocycles. The minimum Gasteiger partial charge on any atom is -0.496 e. The molecule has 8 nitrogen and oxygen atoms in total. The number of hydrogen-bond donors (Lipinski definition) is 2. The molecule has 1 spiro atoms. The van der Waals surface area contributed by atoms with Gasteiger partial charge in [-0.05, 0) is 108 Å². The number of nitrogens with one attached hydrogen (secondary N) is 1. The van der Waals surface area contributed by atoms with Gasteiger partial charge in [0.1, 0.15) is 11.4 Å². The van der Waals surface area contributed by atoms with E-state index < -0.39 is 17.3 Å². The minimum absolute atomic E-state index is 0.126. The SMILES string of the molecule is C/C=C\c1c(C)c(C)cc(OC)c1CN1CCC2(CC1c1ccc(C(=O)OCC)c(C=N)c1N)CC(F)(F)C2.CC(=O)OC(C)(C)C. The Morgan fingerprint density at radius 1 is 1.17 bits per heavy atom. The topological polar surface area (TPSA) is 115 Å². The summed E-state index contributed by atoms with van der Waals surface area (Å²) in [7, 11) is 1.66. The van der Waals surface area contributed by atoms with Crippen molar-refractivity contribution >= 4 is 29.9 Å². The third-order valence-corrected chi connectivity index (χ3v) is 8.91. The lowest BCUT2D eigenvalue weighted by atomic mass is 9.58. The fraction of sp³-hybridized carbons (Fsp3) is 0.541. The van der Waals surface area contributed by atoms with E-state index in [0.29, 0.717) is 37.2 Å². The highest BCUT2D eigenvalue weighted by molar-refractivity contribution is 6.02. The standard InChI is InChI=1S/C31H39F2N3O3.C6H12O2/c1-6-8-21-20(4)19(3)13-27(38-5)25(21)16-36-12-11-30(17-31(32,33)18-30)14-26(36)23-10-9-22(29(37)39-7-2)24(15-34)28(23)35;1-5(7)8-6(2,3)4/h6,8-10,13,15,26,34H,7,11-12,14,16-18,35H2,1-5H3;1-4H3/b8-6-,34-15?;. The van der Waals surface area contributed by atoms with Crippen molar-refractivity contribution in [1.82, 2.24) is 4.90 Å². The normalized spacial score (nSPS) is 18.6. The number of carbonyl (C=O) groups excluding carboxylic acids is 2. The summed E-state index contributed by atoms with van der Waals surface area (Å²) in [5, 5.41) is 7.99. The van der Waals surface area contributed by atoms with E-state index in [1.54, 1.807) is 26.2 Å². The molecular formula is C37H51F2N3O5. The highest BCUT2D eigenvalue weighted by Gasteiger charge is 2.58. The van der Waals surface area contributed by atoms with Crippen molar-refractivity contribution in [2.45, 2.75) is 105 Å². The number of likely N-dealkylation sites (tertiary alicyclic amines) is 1. The van der Waals surface area contributed by atoms with Crippen LogP contribution in [0.3, 0.4) is 0 Å². The van der Waals surface area contributed by atoms with Gasteiger partial charge in [0, 0.05) is 55.4 Å². The van der Waals surface area contributed by atoms with Crippen LogP contribution < -0.4 is 10.5 Å². The fourth-order valence-electron chi connectivity index (χ4n) is 6.86. The van der Waals surface area contributed by atoms with Gasteiger partial charge >= 0.3 is 11.9 Å². The van der Waals surface area contributed by atoms with Gasteiger partial charge in [0.25, 0.3) is 0 Å². The second-order valence-corrected chi connectivity index (χ2v) is 13.7. The summed E-state index contributed by atoms with van der Waals surface area (Å²) >= 11 is 0. The van der Waals surface area contributed by atoms with Gasteiger partial charge in [-0.15, -0.1) is 0 Å². The van der Waals surface area contributed by atoms with E-state index in [2.05, 4.69) is 24.8 Å². The van der Waals surface area contributed by atoms with Crippen molar-refractivity contribution in [3.63, 3.8) is 0 Å². The Morgan fingerprint density at radius 3 is 2.32 bits per heavy atom. The molecule has 3 N–H and O–H groups in total.